The molecule has 0 N–H and O–H groups in total. The van der Waals surface area contributed by atoms with E-state index in [1.807, 2.05) is 12.1 Å². The molecule has 2 aromatic carbocycles. The second-order valence-electron chi connectivity index (χ2n) is 7.66. The third kappa shape index (κ3) is 6.36. The number of hydrogen-bond donors (Lipinski definition) is 0. The van der Waals surface area contributed by atoms with Gasteiger partial charge in [0.25, 0.3) is 0 Å². The summed E-state index contributed by atoms with van der Waals surface area (Å²) in [5, 5.41) is 0. The summed E-state index contributed by atoms with van der Waals surface area (Å²) in [6.45, 7) is 2.87. The average molecular weight is 402 g/mol. The van der Waals surface area contributed by atoms with Gasteiger partial charge in [0.2, 0.25) is 0 Å². The maximum atomic E-state index is 13.3. The lowest BCUT2D eigenvalue weighted by atomic mass is 9.87. The molecule has 0 heterocycles. The summed E-state index contributed by atoms with van der Waals surface area (Å²) in [6.07, 6.45) is 6.01. The smallest absolute Gasteiger partial charge is 0.314 e. The van der Waals surface area contributed by atoms with E-state index in [9.17, 15) is 13.6 Å². The van der Waals surface area contributed by atoms with Crippen LogP contribution in [0.1, 0.15) is 50.2 Å². The van der Waals surface area contributed by atoms with Gasteiger partial charge in [-0.2, -0.15) is 0 Å². The molecular formula is C24H28F2O3. The molecule has 1 aliphatic rings. The van der Waals surface area contributed by atoms with E-state index in [0.29, 0.717) is 18.6 Å². The Bertz CT molecular complexity index is 796. The topological polar surface area (TPSA) is 35.5 Å². The Balaban J connectivity index is 1.45. The monoisotopic (exact) mass is 402 g/mol. The Morgan fingerprint density at radius 3 is 2.24 bits per heavy atom. The summed E-state index contributed by atoms with van der Waals surface area (Å²) < 4.78 is 37.6. The average Bonchev–Trinajstić information content (AvgIpc) is 2.74. The van der Waals surface area contributed by atoms with Crippen LogP contribution in [0.25, 0.3) is 0 Å². The lowest BCUT2D eigenvalue weighted by Gasteiger charge is -2.27. The van der Waals surface area contributed by atoms with Crippen LogP contribution in [-0.4, -0.2) is 18.7 Å². The number of ether oxygens (including phenoxy) is 2. The predicted octanol–water partition coefficient (Wildman–Crippen LogP) is 5.64. The van der Waals surface area contributed by atoms with Crippen molar-refractivity contribution in [1.29, 1.82) is 0 Å². The zero-order chi connectivity index (χ0) is 20.6. The van der Waals surface area contributed by atoms with Gasteiger partial charge in [-0.3, -0.25) is 4.79 Å². The number of aryl methyl sites for hydroxylation is 2. The summed E-state index contributed by atoms with van der Waals surface area (Å²) in [6, 6.07) is 11.3. The van der Waals surface area contributed by atoms with Crippen molar-refractivity contribution < 1.29 is 23.0 Å². The number of esters is 1. The second kappa shape index (κ2) is 10.5. The minimum atomic E-state index is -0.832. The van der Waals surface area contributed by atoms with E-state index in [1.54, 1.807) is 18.2 Å². The molecular weight excluding hydrogens is 374 g/mol. The highest BCUT2D eigenvalue weighted by Gasteiger charge is 2.28. The fourth-order valence-electron chi connectivity index (χ4n) is 3.66. The van der Waals surface area contributed by atoms with Crippen molar-refractivity contribution in [1.82, 2.24) is 0 Å². The third-order valence-electron chi connectivity index (χ3n) is 5.39. The molecule has 2 aromatic rings. The van der Waals surface area contributed by atoms with Gasteiger partial charge in [-0.15, -0.1) is 0 Å². The number of benzene rings is 2. The van der Waals surface area contributed by atoms with Crippen LogP contribution in [0.3, 0.4) is 0 Å². The number of rotatable bonds is 8. The molecule has 0 aromatic heterocycles. The van der Waals surface area contributed by atoms with E-state index in [0.717, 1.165) is 55.9 Å². The molecule has 0 atom stereocenters. The third-order valence-corrected chi connectivity index (χ3v) is 5.39. The molecule has 0 amide bonds. The highest BCUT2D eigenvalue weighted by atomic mass is 19.2. The van der Waals surface area contributed by atoms with Crippen LogP contribution >= 0.6 is 0 Å². The molecule has 3 nitrogen and oxygen atoms in total. The van der Waals surface area contributed by atoms with Gasteiger partial charge in [-0.05, 0) is 80.3 Å². The van der Waals surface area contributed by atoms with Gasteiger partial charge in [-0.25, -0.2) is 8.78 Å². The van der Waals surface area contributed by atoms with Crippen LogP contribution in [0.15, 0.2) is 42.5 Å². The quantitative estimate of drug-likeness (QED) is 0.423. The first-order valence-corrected chi connectivity index (χ1v) is 10.4. The van der Waals surface area contributed by atoms with Gasteiger partial charge in [0, 0.05) is 6.61 Å². The van der Waals surface area contributed by atoms with Crippen LogP contribution in [0.5, 0.6) is 5.75 Å². The summed E-state index contributed by atoms with van der Waals surface area (Å²) in [4.78, 5) is 12.4. The molecule has 5 heteroatoms. The summed E-state index contributed by atoms with van der Waals surface area (Å²) in [5.41, 5.74) is 1.79. The van der Waals surface area contributed by atoms with E-state index in [4.69, 9.17) is 9.47 Å². The predicted molar refractivity (Wildman–Crippen MR) is 108 cm³/mol. The highest BCUT2D eigenvalue weighted by Crippen LogP contribution is 2.28. The van der Waals surface area contributed by atoms with Crippen molar-refractivity contribution in [2.75, 3.05) is 6.61 Å². The van der Waals surface area contributed by atoms with Gasteiger partial charge < -0.3 is 9.47 Å². The molecule has 0 aliphatic heterocycles. The Labute approximate surface area is 171 Å². The van der Waals surface area contributed by atoms with E-state index >= 15 is 0 Å². The Kier molecular flexibility index (Phi) is 7.76. The van der Waals surface area contributed by atoms with E-state index in [2.05, 4.69) is 6.92 Å². The molecule has 0 saturated heterocycles. The Hall–Kier alpha value is -2.27. The van der Waals surface area contributed by atoms with Crippen LogP contribution < -0.4 is 4.74 Å². The lowest BCUT2D eigenvalue weighted by Crippen LogP contribution is -2.29. The second-order valence-corrected chi connectivity index (χ2v) is 7.66. The van der Waals surface area contributed by atoms with Crippen molar-refractivity contribution in [3.05, 3.63) is 65.2 Å². The number of carbonyl (C=O) groups is 1. The minimum absolute atomic E-state index is 0.0653. The van der Waals surface area contributed by atoms with Gasteiger partial charge in [0.1, 0.15) is 5.75 Å². The molecule has 29 heavy (non-hydrogen) atoms. The molecule has 156 valence electrons. The van der Waals surface area contributed by atoms with Gasteiger partial charge >= 0.3 is 5.97 Å². The first-order valence-electron chi connectivity index (χ1n) is 10.4. The molecule has 0 spiro atoms. The normalized spacial score (nSPS) is 19.1. The fourth-order valence-corrected chi connectivity index (χ4v) is 3.66. The van der Waals surface area contributed by atoms with E-state index in [-0.39, 0.29) is 18.0 Å². The van der Waals surface area contributed by atoms with Crippen molar-refractivity contribution in [2.24, 2.45) is 5.92 Å². The first-order chi connectivity index (χ1) is 14.0. The molecule has 0 unspecified atom stereocenters. The lowest BCUT2D eigenvalue weighted by molar-refractivity contribution is -0.141. The maximum Gasteiger partial charge on any atom is 0.314 e. The summed E-state index contributed by atoms with van der Waals surface area (Å²) >= 11 is 0. The Morgan fingerprint density at radius 2 is 1.59 bits per heavy atom. The largest absolute Gasteiger partial charge is 0.426 e. The molecule has 1 aliphatic carbocycles. The van der Waals surface area contributed by atoms with Crippen molar-refractivity contribution >= 4 is 5.97 Å². The van der Waals surface area contributed by atoms with E-state index in [1.165, 1.54) is 6.07 Å². The zero-order valence-electron chi connectivity index (χ0n) is 16.8. The minimum Gasteiger partial charge on any atom is -0.426 e. The first kappa shape index (κ1) is 21.4. The summed E-state index contributed by atoms with van der Waals surface area (Å²) in [7, 11) is 0. The zero-order valence-corrected chi connectivity index (χ0v) is 16.8. The van der Waals surface area contributed by atoms with Crippen molar-refractivity contribution in [3.8, 4) is 5.75 Å². The van der Waals surface area contributed by atoms with Crippen LogP contribution in [-0.2, 0) is 22.4 Å². The molecule has 0 bridgehead atoms. The number of carbonyl (C=O) groups excluding carboxylic acids is 1. The highest BCUT2D eigenvalue weighted by molar-refractivity contribution is 5.75. The maximum absolute atomic E-state index is 13.3. The number of halogens is 2. The fraction of sp³-hybridized carbons (Fsp3) is 0.458. The van der Waals surface area contributed by atoms with Crippen LogP contribution in [0.4, 0.5) is 8.78 Å². The number of hydrogen-bond acceptors (Lipinski definition) is 3. The van der Waals surface area contributed by atoms with Crippen LogP contribution in [0, 0.1) is 17.6 Å². The molecule has 0 radical (unpaired) electrons. The van der Waals surface area contributed by atoms with Crippen LogP contribution in [0.2, 0.25) is 0 Å². The van der Waals surface area contributed by atoms with Gasteiger partial charge in [0.15, 0.2) is 11.6 Å². The van der Waals surface area contributed by atoms with E-state index < -0.39 is 11.6 Å². The van der Waals surface area contributed by atoms with Gasteiger partial charge in [0.05, 0.1) is 12.0 Å². The molecule has 1 saturated carbocycles. The summed E-state index contributed by atoms with van der Waals surface area (Å²) in [5.74, 6) is -1.36. The molecule has 3 rings (SSSR count). The SMILES string of the molecule is CCCOC1CCC(C(=O)Oc2ccc(CCc3ccc(F)c(F)c3)cc2)CC1. The standard InChI is InChI=1S/C24H28F2O3/c1-2-15-28-20-12-8-19(9-13-20)24(27)29-21-10-5-17(6-11-21)3-4-18-7-14-22(25)23(26)16-18/h5-7,10-11,14,16,19-20H,2-4,8-9,12-13,15H2,1H3. The van der Waals surface area contributed by atoms with Crippen molar-refractivity contribution in [2.45, 2.75) is 58.0 Å². The molecule has 1 fully saturated rings. The van der Waals surface area contributed by atoms with Gasteiger partial charge in [-0.1, -0.05) is 25.1 Å². The van der Waals surface area contributed by atoms with Crippen molar-refractivity contribution in [3.63, 3.8) is 0 Å². The Morgan fingerprint density at radius 1 is 0.931 bits per heavy atom.